The first-order chi connectivity index (χ1) is 16.4. The van der Waals surface area contributed by atoms with E-state index in [0.717, 1.165) is 22.5 Å². The third-order valence-corrected chi connectivity index (χ3v) is 7.54. The average molecular weight is 493 g/mol. The maximum absolute atomic E-state index is 14.5. The number of amides is 1. The second-order valence-electron chi connectivity index (χ2n) is 7.80. The molecule has 0 radical (unpaired) electrons. The fraction of sp³-hybridized carbons (Fsp3) is 0.391. The van der Waals surface area contributed by atoms with Gasteiger partial charge in [-0.2, -0.15) is 4.31 Å². The molecule has 0 N–H and O–H groups in total. The number of nitrogens with zero attached hydrogens (tertiary/aromatic N) is 2. The summed E-state index contributed by atoms with van der Waals surface area (Å²) in [6.07, 6.45) is -1.24. The largest absolute Gasteiger partial charge is 0.444 e. The second kappa shape index (κ2) is 10.6. The predicted octanol–water partition coefficient (Wildman–Crippen LogP) is 1.60. The van der Waals surface area contributed by atoms with Gasteiger partial charge in [-0.05, 0) is 18.2 Å². The van der Waals surface area contributed by atoms with Gasteiger partial charge >= 0.3 is 5.97 Å². The van der Waals surface area contributed by atoms with E-state index in [2.05, 4.69) is 0 Å². The number of morpholine rings is 2. The standard InChI is InChI=1S/C23H25FN2O7S/c24-19-7-6-18(16-20(19)34(29,30)26-10-14-32-15-11-26)23(28)33-21(17-4-2-1-3-5-17)22(27)25-8-12-31-13-9-25/h1-7,16,21H,8-15H2. The molecule has 9 nitrogen and oxygen atoms in total. The minimum absolute atomic E-state index is 0.0839. The van der Waals surface area contributed by atoms with Gasteiger partial charge in [0.25, 0.3) is 5.91 Å². The van der Waals surface area contributed by atoms with Crippen molar-refractivity contribution in [2.75, 3.05) is 52.6 Å². The monoisotopic (exact) mass is 492 g/mol. The van der Waals surface area contributed by atoms with Crippen LogP contribution in [-0.4, -0.2) is 82.1 Å². The van der Waals surface area contributed by atoms with Gasteiger partial charge in [0.05, 0.1) is 32.0 Å². The number of ether oxygens (including phenoxy) is 3. The maximum Gasteiger partial charge on any atom is 0.339 e. The van der Waals surface area contributed by atoms with Crippen molar-refractivity contribution in [1.29, 1.82) is 0 Å². The van der Waals surface area contributed by atoms with Crippen LogP contribution in [0.2, 0.25) is 0 Å². The fourth-order valence-corrected chi connectivity index (χ4v) is 5.27. The molecule has 0 aliphatic carbocycles. The minimum Gasteiger partial charge on any atom is -0.444 e. The van der Waals surface area contributed by atoms with Gasteiger partial charge in [-0.1, -0.05) is 30.3 Å². The number of rotatable bonds is 6. The Balaban J connectivity index is 1.60. The lowest BCUT2D eigenvalue weighted by Gasteiger charge is -2.30. The molecule has 1 atom stereocenters. The Labute approximate surface area is 197 Å². The number of esters is 1. The molecule has 2 aliphatic heterocycles. The second-order valence-corrected chi connectivity index (χ2v) is 9.70. The van der Waals surface area contributed by atoms with Gasteiger partial charge in [0.1, 0.15) is 10.7 Å². The van der Waals surface area contributed by atoms with Gasteiger partial charge in [-0.25, -0.2) is 17.6 Å². The smallest absolute Gasteiger partial charge is 0.339 e. The molecule has 2 aliphatic rings. The fourth-order valence-electron chi connectivity index (χ4n) is 3.77. The Hall–Kier alpha value is -2.86. The van der Waals surface area contributed by atoms with Gasteiger partial charge in [0.15, 0.2) is 0 Å². The lowest BCUT2D eigenvalue weighted by atomic mass is 10.1. The molecule has 4 rings (SSSR count). The molecule has 1 amide bonds. The molecule has 0 bridgehead atoms. The van der Waals surface area contributed by atoms with Crippen LogP contribution in [0.3, 0.4) is 0 Å². The number of hydrogen-bond donors (Lipinski definition) is 0. The number of carbonyl (C=O) groups is 2. The Morgan fingerprint density at radius 1 is 0.912 bits per heavy atom. The summed E-state index contributed by atoms with van der Waals surface area (Å²) in [6, 6.07) is 11.5. The Bertz CT molecular complexity index is 1130. The lowest BCUT2D eigenvalue weighted by molar-refractivity contribution is -0.145. The highest BCUT2D eigenvalue weighted by Crippen LogP contribution is 2.26. The number of carbonyl (C=O) groups excluding carboxylic acids is 2. The molecule has 182 valence electrons. The van der Waals surface area contributed by atoms with E-state index in [1.165, 1.54) is 0 Å². The van der Waals surface area contributed by atoms with E-state index >= 15 is 0 Å². The van der Waals surface area contributed by atoms with E-state index in [1.807, 2.05) is 0 Å². The first-order valence-electron chi connectivity index (χ1n) is 10.9. The van der Waals surface area contributed by atoms with Crippen molar-refractivity contribution in [2.24, 2.45) is 0 Å². The highest BCUT2D eigenvalue weighted by molar-refractivity contribution is 7.89. The van der Waals surface area contributed by atoms with Crippen LogP contribution in [0.4, 0.5) is 4.39 Å². The summed E-state index contributed by atoms with van der Waals surface area (Å²) in [5.74, 6) is -2.33. The highest BCUT2D eigenvalue weighted by Gasteiger charge is 2.33. The zero-order valence-corrected chi connectivity index (χ0v) is 19.2. The Kier molecular flexibility index (Phi) is 7.57. The number of hydrogen-bond acceptors (Lipinski definition) is 7. The van der Waals surface area contributed by atoms with Crippen LogP contribution in [0.5, 0.6) is 0 Å². The molecule has 0 spiro atoms. The highest BCUT2D eigenvalue weighted by atomic mass is 32.2. The molecular weight excluding hydrogens is 467 g/mol. The predicted molar refractivity (Wildman–Crippen MR) is 118 cm³/mol. The normalized spacial score (nSPS) is 18.3. The molecule has 2 fully saturated rings. The topological polar surface area (TPSA) is 102 Å². The minimum atomic E-state index is -4.18. The summed E-state index contributed by atoms with van der Waals surface area (Å²) >= 11 is 0. The lowest BCUT2D eigenvalue weighted by Crippen LogP contribution is -2.44. The van der Waals surface area contributed by atoms with Crippen molar-refractivity contribution in [2.45, 2.75) is 11.0 Å². The Morgan fingerprint density at radius 2 is 1.53 bits per heavy atom. The summed E-state index contributed by atoms with van der Waals surface area (Å²) < 4.78 is 57.5. The van der Waals surface area contributed by atoms with Gasteiger partial charge in [-0.15, -0.1) is 0 Å². The summed E-state index contributed by atoms with van der Waals surface area (Å²) in [4.78, 5) is 27.1. The third-order valence-electron chi connectivity index (χ3n) is 5.63. The van der Waals surface area contributed by atoms with Crippen LogP contribution in [0.15, 0.2) is 53.4 Å². The molecule has 1 unspecified atom stereocenters. The van der Waals surface area contributed by atoms with Crippen LogP contribution >= 0.6 is 0 Å². The summed E-state index contributed by atoms with van der Waals surface area (Å²) in [6.45, 7) is 2.04. The molecule has 2 heterocycles. The zero-order chi connectivity index (χ0) is 24.1. The molecular formula is C23H25FN2O7S. The maximum atomic E-state index is 14.5. The van der Waals surface area contributed by atoms with E-state index < -0.39 is 38.7 Å². The van der Waals surface area contributed by atoms with E-state index in [4.69, 9.17) is 14.2 Å². The van der Waals surface area contributed by atoms with Crippen LogP contribution in [0, 0.1) is 5.82 Å². The van der Waals surface area contributed by atoms with Crippen molar-refractivity contribution in [3.05, 3.63) is 65.5 Å². The summed E-state index contributed by atoms with van der Waals surface area (Å²) in [5.41, 5.74) is 0.291. The quantitative estimate of drug-likeness (QED) is 0.565. The SMILES string of the molecule is O=C(OC(C(=O)N1CCOCC1)c1ccccc1)c1ccc(F)c(S(=O)(=O)N2CCOCC2)c1. The van der Waals surface area contributed by atoms with Crippen molar-refractivity contribution in [1.82, 2.24) is 9.21 Å². The molecule has 2 aromatic rings. The molecule has 2 aromatic carbocycles. The van der Waals surface area contributed by atoms with E-state index in [0.29, 0.717) is 31.9 Å². The van der Waals surface area contributed by atoms with Crippen LogP contribution in [0.25, 0.3) is 0 Å². The van der Waals surface area contributed by atoms with Crippen LogP contribution in [0.1, 0.15) is 22.0 Å². The van der Waals surface area contributed by atoms with Crippen LogP contribution in [-0.2, 0) is 29.0 Å². The van der Waals surface area contributed by atoms with Gasteiger partial charge in [-0.3, -0.25) is 4.79 Å². The molecule has 2 saturated heterocycles. The molecule has 0 saturated carbocycles. The van der Waals surface area contributed by atoms with Crippen LogP contribution < -0.4 is 0 Å². The number of benzene rings is 2. The first kappa shape index (κ1) is 24.3. The summed E-state index contributed by atoms with van der Waals surface area (Å²) in [5, 5.41) is 0. The number of sulfonamides is 1. The molecule has 0 aromatic heterocycles. The van der Waals surface area contributed by atoms with Crippen molar-refractivity contribution in [3.63, 3.8) is 0 Å². The van der Waals surface area contributed by atoms with E-state index in [-0.39, 0.29) is 31.9 Å². The van der Waals surface area contributed by atoms with E-state index in [9.17, 15) is 22.4 Å². The van der Waals surface area contributed by atoms with Crippen molar-refractivity contribution < 1.29 is 36.6 Å². The molecule has 11 heteroatoms. The van der Waals surface area contributed by atoms with Gasteiger partial charge in [0.2, 0.25) is 16.1 Å². The first-order valence-corrected chi connectivity index (χ1v) is 12.3. The molecule has 34 heavy (non-hydrogen) atoms. The number of halogens is 1. The van der Waals surface area contributed by atoms with Crippen molar-refractivity contribution in [3.8, 4) is 0 Å². The van der Waals surface area contributed by atoms with Gasteiger partial charge in [0, 0.05) is 31.7 Å². The third kappa shape index (κ3) is 5.27. The van der Waals surface area contributed by atoms with Gasteiger partial charge < -0.3 is 19.1 Å². The zero-order valence-electron chi connectivity index (χ0n) is 18.4. The summed E-state index contributed by atoms with van der Waals surface area (Å²) in [7, 11) is -4.18. The average Bonchev–Trinajstić information content (AvgIpc) is 2.88. The Morgan fingerprint density at radius 3 is 2.18 bits per heavy atom. The van der Waals surface area contributed by atoms with E-state index in [1.54, 1.807) is 35.2 Å². The van der Waals surface area contributed by atoms with Crippen molar-refractivity contribution >= 4 is 21.9 Å².